The van der Waals surface area contributed by atoms with Crippen molar-refractivity contribution in [2.24, 2.45) is 0 Å². The summed E-state index contributed by atoms with van der Waals surface area (Å²) in [6.45, 7) is 5.26. The van der Waals surface area contributed by atoms with Crippen molar-refractivity contribution >= 4 is 17.5 Å². The standard InChI is InChI=1S/C19H27N5O3/c1-20-18-6-7-21-19(23-18)22-15-4-5-16(25-2)17(14-15)27-11-3-8-24-9-12-26-13-10-24/h4-7,14H,3,8-13H2,1-2H3,(H2,20,21,22,23). The molecule has 8 heteroatoms. The Bertz CT molecular complexity index is 722. The summed E-state index contributed by atoms with van der Waals surface area (Å²) in [6, 6.07) is 7.50. The molecule has 0 atom stereocenters. The number of ether oxygens (including phenoxy) is 3. The predicted molar refractivity (Wildman–Crippen MR) is 105 cm³/mol. The first kappa shape index (κ1) is 19.2. The van der Waals surface area contributed by atoms with Crippen molar-refractivity contribution in [3.05, 3.63) is 30.5 Å². The van der Waals surface area contributed by atoms with Gasteiger partial charge in [-0.25, -0.2) is 4.98 Å². The van der Waals surface area contributed by atoms with Crippen LogP contribution in [0.25, 0.3) is 0 Å². The number of methoxy groups -OCH3 is 1. The van der Waals surface area contributed by atoms with E-state index in [0.29, 0.717) is 24.1 Å². The minimum Gasteiger partial charge on any atom is -0.493 e. The second-order valence-corrected chi connectivity index (χ2v) is 6.16. The number of hydrogen-bond donors (Lipinski definition) is 2. The van der Waals surface area contributed by atoms with Crippen LogP contribution in [-0.2, 0) is 4.74 Å². The van der Waals surface area contributed by atoms with Crippen LogP contribution in [0.5, 0.6) is 11.5 Å². The number of benzene rings is 1. The fraction of sp³-hybridized carbons (Fsp3) is 0.474. The van der Waals surface area contributed by atoms with Crippen LogP contribution in [0.2, 0.25) is 0 Å². The monoisotopic (exact) mass is 373 g/mol. The number of aromatic nitrogens is 2. The summed E-state index contributed by atoms with van der Waals surface area (Å²) in [5, 5.41) is 6.19. The fourth-order valence-electron chi connectivity index (χ4n) is 2.85. The van der Waals surface area contributed by atoms with Crippen LogP contribution in [0.15, 0.2) is 30.5 Å². The maximum absolute atomic E-state index is 5.97. The van der Waals surface area contributed by atoms with E-state index in [2.05, 4.69) is 25.5 Å². The number of rotatable bonds is 9. The predicted octanol–water partition coefficient (Wildman–Crippen LogP) is 2.37. The summed E-state index contributed by atoms with van der Waals surface area (Å²) < 4.78 is 16.8. The number of nitrogens with zero attached hydrogens (tertiary/aromatic N) is 3. The molecule has 1 aromatic carbocycles. The average molecular weight is 373 g/mol. The molecule has 0 radical (unpaired) electrons. The molecule has 0 spiro atoms. The molecule has 0 amide bonds. The van der Waals surface area contributed by atoms with Crippen molar-refractivity contribution < 1.29 is 14.2 Å². The lowest BCUT2D eigenvalue weighted by Gasteiger charge is -2.26. The average Bonchev–Trinajstić information content (AvgIpc) is 2.72. The Labute approximate surface area is 159 Å². The first-order chi connectivity index (χ1) is 13.3. The van der Waals surface area contributed by atoms with E-state index < -0.39 is 0 Å². The van der Waals surface area contributed by atoms with Gasteiger partial charge in [-0.2, -0.15) is 4.98 Å². The molecule has 2 aromatic rings. The van der Waals surface area contributed by atoms with Crippen molar-refractivity contribution in [3.63, 3.8) is 0 Å². The molecule has 0 saturated carbocycles. The fourth-order valence-corrected chi connectivity index (χ4v) is 2.85. The van der Waals surface area contributed by atoms with Gasteiger partial charge in [0.1, 0.15) is 5.82 Å². The Balaban J connectivity index is 1.57. The third-order valence-electron chi connectivity index (χ3n) is 4.31. The number of morpholine rings is 1. The summed E-state index contributed by atoms with van der Waals surface area (Å²) in [4.78, 5) is 11.0. The molecule has 0 bridgehead atoms. The van der Waals surface area contributed by atoms with Gasteiger partial charge >= 0.3 is 0 Å². The Morgan fingerprint density at radius 1 is 1.19 bits per heavy atom. The Kier molecular flexibility index (Phi) is 7.06. The summed E-state index contributed by atoms with van der Waals surface area (Å²) in [6.07, 6.45) is 2.65. The zero-order valence-electron chi connectivity index (χ0n) is 15.9. The van der Waals surface area contributed by atoms with E-state index in [1.54, 1.807) is 13.3 Å². The van der Waals surface area contributed by atoms with Crippen LogP contribution in [0.4, 0.5) is 17.5 Å². The maximum atomic E-state index is 5.97. The van der Waals surface area contributed by atoms with Gasteiger partial charge in [0.05, 0.1) is 26.9 Å². The summed E-state index contributed by atoms with van der Waals surface area (Å²) in [7, 11) is 3.46. The van der Waals surface area contributed by atoms with E-state index in [0.717, 1.165) is 50.8 Å². The van der Waals surface area contributed by atoms with Gasteiger partial charge in [0.25, 0.3) is 0 Å². The van der Waals surface area contributed by atoms with E-state index in [9.17, 15) is 0 Å². The smallest absolute Gasteiger partial charge is 0.229 e. The summed E-state index contributed by atoms with van der Waals surface area (Å²) in [5.41, 5.74) is 0.840. The molecule has 8 nitrogen and oxygen atoms in total. The van der Waals surface area contributed by atoms with Crippen LogP contribution < -0.4 is 20.1 Å². The molecule has 1 fully saturated rings. The van der Waals surface area contributed by atoms with E-state index in [-0.39, 0.29) is 0 Å². The molecule has 0 aliphatic carbocycles. The second-order valence-electron chi connectivity index (χ2n) is 6.16. The van der Waals surface area contributed by atoms with Gasteiger partial charge in [-0.15, -0.1) is 0 Å². The SMILES string of the molecule is CNc1ccnc(Nc2ccc(OC)c(OCCCN3CCOCC3)c2)n1. The minimum absolute atomic E-state index is 0.519. The molecule has 1 aliphatic rings. The highest BCUT2D eigenvalue weighted by molar-refractivity contribution is 5.60. The van der Waals surface area contributed by atoms with Crippen molar-refractivity contribution in [2.45, 2.75) is 6.42 Å². The largest absolute Gasteiger partial charge is 0.493 e. The van der Waals surface area contributed by atoms with Crippen LogP contribution in [0.3, 0.4) is 0 Å². The number of anilines is 3. The van der Waals surface area contributed by atoms with Gasteiger partial charge in [-0.05, 0) is 24.6 Å². The van der Waals surface area contributed by atoms with Gasteiger partial charge in [-0.1, -0.05) is 0 Å². The zero-order valence-corrected chi connectivity index (χ0v) is 15.9. The normalized spacial score (nSPS) is 14.6. The molecule has 27 heavy (non-hydrogen) atoms. The lowest BCUT2D eigenvalue weighted by atomic mass is 10.2. The quantitative estimate of drug-likeness (QED) is 0.649. The molecule has 0 unspecified atom stereocenters. The highest BCUT2D eigenvalue weighted by Gasteiger charge is 2.11. The van der Waals surface area contributed by atoms with E-state index in [4.69, 9.17) is 14.2 Å². The lowest BCUT2D eigenvalue weighted by Crippen LogP contribution is -2.37. The second kappa shape index (κ2) is 9.94. The minimum atomic E-state index is 0.519. The van der Waals surface area contributed by atoms with E-state index >= 15 is 0 Å². The first-order valence-corrected chi connectivity index (χ1v) is 9.17. The molecule has 2 heterocycles. The van der Waals surface area contributed by atoms with Crippen LogP contribution >= 0.6 is 0 Å². The van der Waals surface area contributed by atoms with Gasteiger partial charge in [0, 0.05) is 44.6 Å². The molecule has 3 rings (SSSR count). The molecule has 1 aliphatic heterocycles. The first-order valence-electron chi connectivity index (χ1n) is 9.17. The Morgan fingerprint density at radius 3 is 2.81 bits per heavy atom. The highest BCUT2D eigenvalue weighted by Crippen LogP contribution is 2.31. The van der Waals surface area contributed by atoms with E-state index in [1.807, 2.05) is 31.3 Å². The molecule has 2 N–H and O–H groups in total. The van der Waals surface area contributed by atoms with Gasteiger partial charge < -0.3 is 24.8 Å². The lowest BCUT2D eigenvalue weighted by molar-refractivity contribution is 0.0357. The third-order valence-corrected chi connectivity index (χ3v) is 4.31. The van der Waals surface area contributed by atoms with Crippen molar-refractivity contribution in [1.29, 1.82) is 0 Å². The highest BCUT2D eigenvalue weighted by atomic mass is 16.5. The van der Waals surface area contributed by atoms with Crippen molar-refractivity contribution in [2.75, 3.05) is 64.2 Å². The number of hydrogen-bond acceptors (Lipinski definition) is 8. The van der Waals surface area contributed by atoms with Crippen molar-refractivity contribution in [3.8, 4) is 11.5 Å². The van der Waals surface area contributed by atoms with Crippen LogP contribution in [-0.4, -0.2) is 68.5 Å². The van der Waals surface area contributed by atoms with Crippen LogP contribution in [0.1, 0.15) is 6.42 Å². The summed E-state index contributed by atoms with van der Waals surface area (Å²) in [5.74, 6) is 2.68. The van der Waals surface area contributed by atoms with Gasteiger partial charge in [0.15, 0.2) is 11.5 Å². The summed E-state index contributed by atoms with van der Waals surface area (Å²) >= 11 is 0. The maximum Gasteiger partial charge on any atom is 0.229 e. The number of nitrogens with one attached hydrogen (secondary N) is 2. The Morgan fingerprint density at radius 2 is 2.04 bits per heavy atom. The molecular weight excluding hydrogens is 346 g/mol. The van der Waals surface area contributed by atoms with Gasteiger partial charge in [0.2, 0.25) is 5.95 Å². The molecular formula is C19H27N5O3. The third kappa shape index (κ3) is 5.70. The zero-order chi connectivity index (χ0) is 18.9. The van der Waals surface area contributed by atoms with Gasteiger partial charge in [-0.3, -0.25) is 4.90 Å². The van der Waals surface area contributed by atoms with E-state index in [1.165, 1.54) is 0 Å². The molecule has 1 aromatic heterocycles. The van der Waals surface area contributed by atoms with Crippen LogP contribution in [0, 0.1) is 0 Å². The topological polar surface area (TPSA) is 80.8 Å². The molecule has 146 valence electrons. The Hall–Kier alpha value is -2.58. The van der Waals surface area contributed by atoms with Crippen molar-refractivity contribution in [1.82, 2.24) is 14.9 Å². The molecule has 1 saturated heterocycles.